The molecule has 0 spiro atoms. The van der Waals surface area contributed by atoms with Gasteiger partial charge >= 0.3 is 0 Å². The topological polar surface area (TPSA) is 66.0 Å². The van der Waals surface area contributed by atoms with Crippen molar-refractivity contribution in [3.63, 3.8) is 0 Å². The van der Waals surface area contributed by atoms with Crippen molar-refractivity contribution in [1.82, 2.24) is 5.32 Å². The van der Waals surface area contributed by atoms with E-state index in [2.05, 4.69) is 5.32 Å². The minimum atomic E-state index is -0.0943. The molecule has 0 aliphatic rings. The summed E-state index contributed by atoms with van der Waals surface area (Å²) in [6.07, 6.45) is 0.956. The molecule has 1 amide bonds. The van der Waals surface area contributed by atoms with Gasteiger partial charge in [0.05, 0.1) is 40.9 Å². The first kappa shape index (κ1) is 20.4. The average molecular weight is 373 g/mol. The molecular formula is C21H27NO5. The van der Waals surface area contributed by atoms with Crippen LogP contribution in [0.15, 0.2) is 36.4 Å². The molecule has 27 heavy (non-hydrogen) atoms. The number of nitrogens with one attached hydrogen (secondary N) is 1. The summed E-state index contributed by atoms with van der Waals surface area (Å²) in [5.41, 5.74) is 1.77. The van der Waals surface area contributed by atoms with E-state index in [4.69, 9.17) is 18.9 Å². The third-order valence-corrected chi connectivity index (χ3v) is 4.40. The van der Waals surface area contributed by atoms with E-state index < -0.39 is 0 Å². The molecule has 0 aromatic heterocycles. The monoisotopic (exact) mass is 373 g/mol. The van der Waals surface area contributed by atoms with Gasteiger partial charge in [0.2, 0.25) is 11.7 Å². The smallest absolute Gasteiger partial charge is 0.225 e. The lowest BCUT2D eigenvalue weighted by Gasteiger charge is -2.19. The third-order valence-electron chi connectivity index (χ3n) is 4.40. The van der Waals surface area contributed by atoms with E-state index in [1.807, 2.05) is 37.3 Å². The molecule has 0 fully saturated rings. The van der Waals surface area contributed by atoms with Gasteiger partial charge in [0.25, 0.3) is 0 Å². The van der Waals surface area contributed by atoms with Crippen LogP contribution >= 0.6 is 0 Å². The molecule has 0 aliphatic carbocycles. The van der Waals surface area contributed by atoms with Gasteiger partial charge in [-0.2, -0.15) is 0 Å². The molecule has 2 rings (SSSR count). The highest BCUT2D eigenvalue weighted by Crippen LogP contribution is 2.39. The maximum absolute atomic E-state index is 12.6. The normalized spacial score (nSPS) is 11.4. The number of carbonyl (C=O) groups excluding carboxylic acids is 1. The van der Waals surface area contributed by atoms with Gasteiger partial charge in [0, 0.05) is 5.56 Å². The van der Waals surface area contributed by atoms with Crippen LogP contribution in [0.3, 0.4) is 0 Å². The van der Waals surface area contributed by atoms with Crippen LogP contribution in [-0.2, 0) is 11.2 Å². The second-order valence-electron chi connectivity index (χ2n) is 5.97. The van der Waals surface area contributed by atoms with Gasteiger partial charge in [0.15, 0.2) is 11.5 Å². The van der Waals surface area contributed by atoms with Crippen molar-refractivity contribution in [2.75, 3.05) is 28.4 Å². The van der Waals surface area contributed by atoms with Crippen LogP contribution in [-0.4, -0.2) is 34.3 Å². The molecule has 0 aliphatic heterocycles. The summed E-state index contributed by atoms with van der Waals surface area (Å²) in [5.74, 6) is 2.23. The quantitative estimate of drug-likeness (QED) is 0.728. The van der Waals surface area contributed by atoms with E-state index in [1.54, 1.807) is 34.5 Å². The van der Waals surface area contributed by atoms with Crippen LogP contribution in [0.2, 0.25) is 0 Å². The molecule has 6 heteroatoms. The van der Waals surface area contributed by atoms with Gasteiger partial charge in [-0.15, -0.1) is 0 Å². The fraction of sp³-hybridized carbons (Fsp3) is 0.381. The molecule has 2 aromatic rings. The van der Waals surface area contributed by atoms with Gasteiger partial charge in [-0.05, 0) is 30.2 Å². The maximum Gasteiger partial charge on any atom is 0.225 e. The molecule has 0 saturated carbocycles. The van der Waals surface area contributed by atoms with Gasteiger partial charge in [-0.25, -0.2) is 0 Å². The lowest BCUT2D eigenvalue weighted by atomic mass is 10.0. The van der Waals surface area contributed by atoms with Crippen LogP contribution in [0.1, 0.15) is 30.5 Å². The number of ether oxygens (including phenoxy) is 4. The molecule has 1 unspecified atom stereocenters. The lowest BCUT2D eigenvalue weighted by molar-refractivity contribution is -0.121. The van der Waals surface area contributed by atoms with E-state index in [-0.39, 0.29) is 18.4 Å². The number of amides is 1. The number of methoxy groups -OCH3 is 4. The van der Waals surface area contributed by atoms with Crippen LogP contribution in [0.4, 0.5) is 0 Å². The highest BCUT2D eigenvalue weighted by molar-refractivity contribution is 5.80. The Kier molecular flexibility index (Phi) is 7.34. The Balaban J connectivity index is 2.16. The summed E-state index contributed by atoms with van der Waals surface area (Å²) in [7, 11) is 6.28. The van der Waals surface area contributed by atoms with E-state index in [0.29, 0.717) is 17.2 Å². The fourth-order valence-corrected chi connectivity index (χ4v) is 2.98. The summed E-state index contributed by atoms with van der Waals surface area (Å²) in [6.45, 7) is 2.03. The predicted molar refractivity (Wildman–Crippen MR) is 104 cm³/mol. The Labute approximate surface area is 160 Å². The summed E-state index contributed by atoms with van der Waals surface area (Å²) in [5, 5.41) is 3.08. The summed E-state index contributed by atoms with van der Waals surface area (Å²) in [4.78, 5) is 12.6. The van der Waals surface area contributed by atoms with Crippen molar-refractivity contribution < 1.29 is 23.7 Å². The molecule has 146 valence electrons. The Morgan fingerprint density at radius 1 is 0.889 bits per heavy atom. The van der Waals surface area contributed by atoms with Gasteiger partial charge < -0.3 is 24.3 Å². The zero-order valence-electron chi connectivity index (χ0n) is 16.5. The highest BCUT2D eigenvalue weighted by Gasteiger charge is 2.19. The predicted octanol–water partition coefficient (Wildman–Crippen LogP) is 3.53. The molecule has 0 radical (unpaired) electrons. The molecule has 6 nitrogen and oxygen atoms in total. The van der Waals surface area contributed by atoms with Crippen molar-refractivity contribution in [1.29, 1.82) is 0 Å². The van der Waals surface area contributed by atoms with E-state index >= 15 is 0 Å². The minimum Gasteiger partial charge on any atom is -0.497 e. The van der Waals surface area contributed by atoms with Crippen molar-refractivity contribution in [3.8, 4) is 23.0 Å². The van der Waals surface area contributed by atoms with Gasteiger partial charge in [0.1, 0.15) is 5.75 Å². The fourth-order valence-electron chi connectivity index (χ4n) is 2.98. The Morgan fingerprint density at radius 2 is 1.56 bits per heavy atom. The molecule has 1 N–H and O–H groups in total. The van der Waals surface area contributed by atoms with Crippen molar-refractivity contribution in [2.24, 2.45) is 0 Å². The number of hydrogen-bond acceptors (Lipinski definition) is 5. The van der Waals surface area contributed by atoms with Crippen molar-refractivity contribution in [2.45, 2.75) is 25.8 Å². The van der Waals surface area contributed by atoms with E-state index in [0.717, 1.165) is 23.3 Å². The molecule has 0 heterocycles. The molecule has 0 saturated heterocycles. The molecular weight excluding hydrogens is 346 g/mol. The largest absolute Gasteiger partial charge is 0.497 e. The van der Waals surface area contributed by atoms with E-state index in [9.17, 15) is 4.79 Å². The Bertz CT molecular complexity index is 758. The Morgan fingerprint density at radius 3 is 2.07 bits per heavy atom. The number of rotatable bonds is 9. The average Bonchev–Trinajstić information content (AvgIpc) is 2.71. The van der Waals surface area contributed by atoms with Gasteiger partial charge in [-0.1, -0.05) is 25.1 Å². The van der Waals surface area contributed by atoms with Crippen LogP contribution in [0.5, 0.6) is 23.0 Å². The third kappa shape index (κ3) is 4.84. The minimum absolute atomic E-state index is 0.0745. The molecule has 2 aromatic carbocycles. The first-order chi connectivity index (χ1) is 13.1. The first-order valence-corrected chi connectivity index (χ1v) is 8.79. The molecule has 1 atom stereocenters. The lowest BCUT2D eigenvalue weighted by Crippen LogP contribution is -2.29. The van der Waals surface area contributed by atoms with Crippen LogP contribution in [0.25, 0.3) is 0 Å². The number of hydrogen-bond donors (Lipinski definition) is 1. The summed E-state index contributed by atoms with van der Waals surface area (Å²) < 4.78 is 21.3. The van der Waals surface area contributed by atoms with Crippen LogP contribution < -0.4 is 24.3 Å². The standard InChI is InChI=1S/C21H27NO5/c1-6-17(14-7-10-16(24-2)11-8-14)22-19(23)13-15-9-12-18(25-3)21(27-5)20(15)26-4/h7-12,17H,6,13H2,1-5H3,(H,22,23). The second kappa shape index (κ2) is 9.71. The zero-order chi connectivity index (χ0) is 19.8. The zero-order valence-corrected chi connectivity index (χ0v) is 16.5. The van der Waals surface area contributed by atoms with Crippen LogP contribution in [0, 0.1) is 0 Å². The number of carbonyl (C=O) groups is 1. The second-order valence-corrected chi connectivity index (χ2v) is 5.97. The number of benzene rings is 2. The first-order valence-electron chi connectivity index (χ1n) is 8.79. The highest BCUT2D eigenvalue weighted by atomic mass is 16.5. The summed E-state index contributed by atoms with van der Waals surface area (Å²) in [6, 6.07) is 11.2. The van der Waals surface area contributed by atoms with Gasteiger partial charge in [-0.3, -0.25) is 4.79 Å². The van der Waals surface area contributed by atoms with E-state index in [1.165, 1.54) is 0 Å². The van der Waals surface area contributed by atoms with Crippen molar-refractivity contribution >= 4 is 5.91 Å². The van der Waals surface area contributed by atoms with Crippen molar-refractivity contribution in [3.05, 3.63) is 47.5 Å². The maximum atomic E-state index is 12.6. The SMILES string of the molecule is CCC(NC(=O)Cc1ccc(OC)c(OC)c1OC)c1ccc(OC)cc1. The summed E-state index contributed by atoms with van der Waals surface area (Å²) >= 11 is 0. The Hall–Kier alpha value is -2.89. The molecule has 0 bridgehead atoms.